The molecule has 4 heterocycles. The molecule has 0 atom stereocenters. The van der Waals surface area contributed by atoms with Crippen molar-refractivity contribution in [1.29, 1.82) is 0 Å². The van der Waals surface area contributed by atoms with Gasteiger partial charge in [-0.3, -0.25) is 4.90 Å². The Hall–Kier alpha value is -1.73. The van der Waals surface area contributed by atoms with E-state index in [1.165, 1.54) is 24.2 Å². The van der Waals surface area contributed by atoms with Crippen LogP contribution in [0, 0.1) is 0 Å². The lowest BCUT2D eigenvalue weighted by Gasteiger charge is -2.47. The number of hydrogen-bond donors (Lipinski definition) is 0. The highest BCUT2D eigenvalue weighted by molar-refractivity contribution is 5.70. The SMILES string of the molecule is c1c(C2CC2)nn2cnnc2c1N1CC(N2CCOCC2)C1. The molecule has 22 heavy (non-hydrogen) atoms. The number of fused-ring (bicyclic) bond motifs is 1. The van der Waals surface area contributed by atoms with E-state index in [1.54, 1.807) is 6.33 Å². The van der Waals surface area contributed by atoms with E-state index in [4.69, 9.17) is 4.74 Å². The number of morpholine rings is 1. The highest BCUT2D eigenvalue weighted by Crippen LogP contribution is 2.40. The molecule has 0 spiro atoms. The largest absolute Gasteiger partial charge is 0.379 e. The molecular weight excluding hydrogens is 280 g/mol. The Balaban J connectivity index is 1.39. The molecule has 0 N–H and O–H groups in total. The van der Waals surface area contributed by atoms with Crippen molar-refractivity contribution < 1.29 is 4.74 Å². The molecule has 1 aliphatic carbocycles. The van der Waals surface area contributed by atoms with Crippen molar-refractivity contribution in [1.82, 2.24) is 24.7 Å². The average molecular weight is 300 g/mol. The van der Waals surface area contributed by atoms with Crippen molar-refractivity contribution in [3.8, 4) is 0 Å². The van der Waals surface area contributed by atoms with E-state index >= 15 is 0 Å². The van der Waals surface area contributed by atoms with Gasteiger partial charge in [0.2, 0.25) is 5.65 Å². The summed E-state index contributed by atoms with van der Waals surface area (Å²) in [7, 11) is 0. The molecule has 0 bridgehead atoms. The first-order chi connectivity index (χ1) is 10.9. The van der Waals surface area contributed by atoms with Gasteiger partial charge in [0, 0.05) is 38.1 Å². The topological polar surface area (TPSA) is 58.8 Å². The number of rotatable bonds is 3. The van der Waals surface area contributed by atoms with E-state index in [2.05, 4.69) is 31.2 Å². The molecular formula is C15H20N6O. The van der Waals surface area contributed by atoms with Crippen LogP contribution in [-0.2, 0) is 4.74 Å². The second kappa shape index (κ2) is 4.89. The lowest BCUT2D eigenvalue weighted by Crippen LogP contribution is -2.61. The number of aromatic nitrogens is 4. The van der Waals surface area contributed by atoms with E-state index in [-0.39, 0.29) is 0 Å². The van der Waals surface area contributed by atoms with Crippen LogP contribution in [0.4, 0.5) is 5.69 Å². The second-order valence-electron chi connectivity index (χ2n) is 6.53. The number of nitrogens with zero attached hydrogens (tertiary/aromatic N) is 6. The third kappa shape index (κ3) is 2.07. The molecule has 1 saturated carbocycles. The van der Waals surface area contributed by atoms with E-state index in [1.807, 2.05) is 4.52 Å². The van der Waals surface area contributed by atoms with Crippen LogP contribution in [0.15, 0.2) is 12.4 Å². The summed E-state index contributed by atoms with van der Waals surface area (Å²) in [4.78, 5) is 4.96. The molecule has 0 radical (unpaired) electrons. The molecule has 3 aliphatic rings. The van der Waals surface area contributed by atoms with Crippen molar-refractivity contribution in [2.75, 3.05) is 44.3 Å². The van der Waals surface area contributed by atoms with Crippen LogP contribution in [0.3, 0.4) is 0 Å². The van der Waals surface area contributed by atoms with Gasteiger partial charge in [0.25, 0.3) is 0 Å². The highest BCUT2D eigenvalue weighted by atomic mass is 16.5. The van der Waals surface area contributed by atoms with Gasteiger partial charge in [0.1, 0.15) is 6.33 Å². The molecule has 2 saturated heterocycles. The zero-order chi connectivity index (χ0) is 14.5. The van der Waals surface area contributed by atoms with Crippen LogP contribution in [0.1, 0.15) is 24.5 Å². The molecule has 2 aromatic rings. The zero-order valence-electron chi connectivity index (χ0n) is 12.6. The fraction of sp³-hybridized carbons (Fsp3) is 0.667. The van der Waals surface area contributed by atoms with Gasteiger partial charge in [-0.1, -0.05) is 0 Å². The van der Waals surface area contributed by atoms with Gasteiger partial charge in [-0.25, -0.2) is 0 Å². The maximum absolute atomic E-state index is 5.44. The fourth-order valence-corrected chi connectivity index (χ4v) is 3.47. The van der Waals surface area contributed by atoms with Crippen LogP contribution in [0.2, 0.25) is 0 Å². The maximum atomic E-state index is 5.44. The third-order valence-electron chi connectivity index (χ3n) is 5.03. The lowest BCUT2D eigenvalue weighted by molar-refractivity contribution is 0.0105. The first-order valence-electron chi connectivity index (χ1n) is 8.16. The van der Waals surface area contributed by atoms with Crippen molar-refractivity contribution in [2.24, 2.45) is 0 Å². The quantitative estimate of drug-likeness (QED) is 0.824. The molecule has 0 unspecified atom stereocenters. The third-order valence-corrected chi connectivity index (χ3v) is 5.03. The van der Waals surface area contributed by atoms with Gasteiger partial charge in [-0.2, -0.15) is 9.61 Å². The van der Waals surface area contributed by atoms with Crippen LogP contribution < -0.4 is 4.90 Å². The number of hydrogen-bond acceptors (Lipinski definition) is 6. The molecule has 7 heteroatoms. The van der Waals surface area contributed by atoms with Crippen LogP contribution >= 0.6 is 0 Å². The summed E-state index contributed by atoms with van der Waals surface area (Å²) in [6, 6.07) is 2.88. The Morgan fingerprint density at radius 2 is 1.95 bits per heavy atom. The van der Waals surface area contributed by atoms with Crippen LogP contribution in [-0.4, -0.2) is 70.1 Å². The van der Waals surface area contributed by atoms with E-state index in [0.717, 1.165) is 45.0 Å². The Morgan fingerprint density at radius 1 is 1.14 bits per heavy atom. The molecule has 116 valence electrons. The van der Waals surface area contributed by atoms with Crippen molar-refractivity contribution in [3.05, 3.63) is 18.1 Å². The average Bonchev–Trinajstić information content (AvgIpc) is 3.25. The second-order valence-corrected chi connectivity index (χ2v) is 6.53. The minimum Gasteiger partial charge on any atom is -0.379 e. The summed E-state index contributed by atoms with van der Waals surface area (Å²) in [5.74, 6) is 0.641. The zero-order valence-corrected chi connectivity index (χ0v) is 12.6. The Bertz CT molecular complexity index is 684. The molecule has 2 aliphatic heterocycles. The molecule has 0 aromatic carbocycles. The normalized spacial score (nSPS) is 23.9. The minimum absolute atomic E-state index is 0.641. The lowest BCUT2D eigenvalue weighted by atomic mass is 10.1. The van der Waals surface area contributed by atoms with E-state index < -0.39 is 0 Å². The van der Waals surface area contributed by atoms with Crippen molar-refractivity contribution >= 4 is 11.3 Å². The monoisotopic (exact) mass is 300 g/mol. The summed E-state index contributed by atoms with van der Waals surface area (Å²) in [5, 5.41) is 12.9. The van der Waals surface area contributed by atoms with Gasteiger partial charge >= 0.3 is 0 Å². The Morgan fingerprint density at radius 3 is 2.73 bits per heavy atom. The smallest absolute Gasteiger partial charge is 0.200 e. The van der Waals surface area contributed by atoms with Crippen LogP contribution in [0.25, 0.3) is 5.65 Å². The molecule has 2 aromatic heterocycles. The number of anilines is 1. The summed E-state index contributed by atoms with van der Waals surface area (Å²) in [5.41, 5.74) is 3.26. The summed E-state index contributed by atoms with van der Waals surface area (Å²) in [6.45, 7) is 5.98. The Kier molecular flexibility index (Phi) is 2.84. The van der Waals surface area contributed by atoms with Crippen LogP contribution in [0.5, 0.6) is 0 Å². The fourth-order valence-electron chi connectivity index (χ4n) is 3.47. The molecule has 7 nitrogen and oxygen atoms in total. The van der Waals surface area contributed by atoms with Gasteiger partial charge < -0.3 is 9.64 Å². The predicted molar refractivity (Wildman–Crippen MR) is 81.2 cm³/mol. The summed E-state index contributed by atoms with van der Waals surface area (Å²) >= 11 is 0. The molecule has 0 amide bonds. The number of ether oxygens (including phenoxy) is 1. The highest BCUT2D eigenvalue weighted by Gasteiger charge is 2.35. The standard InChI is InChI=1S/C15H20N6O/c1-2-11(1)13-7-14(15-17-16-10-21(15)18-13)20-8-12(9-20)19-3-5-22-6-4-19/h7,10-12H,1-6,8-9H2. The van der Waals surface area contributed by atoms with Gasteiger partial charge in [-0.15, -0.1) is 10.2 Å². The first kappa shape index (κ1) is 12.8. The summed E-state index contributed by atoms with van der Waals surface area (Å²) in [6.07, 6.45) is 4.23. The van der Waals surface area contributed by atoms with Crippen molar-refractivity contribution in [3.63, 3.8) is 0 Å². The van der Waals surface area contributed by atoms with E-state index in [9.17, 15) is 0 Å². The first-order valence-corrected chi connectivity index (χ1v) is 8.16. The predicted octanol–water partition coefficient (Wildman–Crippen LogP) is 0.522. The van der Waals surface area contributed by atoms with Gasteiger partial charge in [0.15, 0.2) is 0 Å². The Labute approximate surface area is 128 Å². The molecule has 3 fully saturated rings. The minimum atomic E-state index is 0.641. The van der Waals surface area contributed by atoms with Gasteiger partial charge in [0.05, 0.1) is 24.6 Å². The molecule has 5 rings (SSSR count). The van der Waals surface area contributed by atoms with E-state index in [0.29, 0.717) is 12.0 Å². The van der Waals surface area contributed by atoms with Gasteiger partial charge in [-0.05, 0) is 18.9 Å². The van der Waals surface area contributed by atoms with Crippen molar-refractivity contribution in [2.45, 2.75) is 24.8 Å². The summed E-state index contributed by atoms with van der Waals surface area (Å²) < 4.78 is 7.28. The maximum Gasteiger partial charge on any atom is 0.200 e.